The molecule has 1 aromatic rings. The lowest BCUT2D eigenvalue weighted by Gasteiger charge is -2.37. The number of likely N-dealkylation sites (tertiary alicyclic amines) is 1. The first-order valence-electron chi connectivity index (χ1n) is 6.93. The van der Waals surface area contributed by atoms with E-state index in [9.17, 15) is 18.4 Å². The van der Waals surface area contributed by atoms with Gasteiger partial charge in [0.25, 0.3) is 5.91 Å². The third-order valence-electron chi connectivity index (χ3n) is 4.18. The molecule has 0 radical (unpaired) electrons. The zero-order valence-electron chi connectivity index (χ0n) is 11.4. The first kappa shape index (κ1) is 14.1. The minimum Gasteiger partial charge on any atom is -0.367 e. The van der Waals surface area contributed by atoms with Crippen molar-refractivity contribution in [2.24, 2.45) is 0 Å². The van der Waals surface area contributed by atoms with Gasteiger partial charge in [0.15, 0.2) is 5.78 Å². The lowest BCUT2D eigenvalue weighted by Crippen LogP contribution is -2.53. The molecule has 0 N–H and O–H groups in total. The zero-order chi connectivity index (χ0) is 15.0. The standard InChI is InChI=1S/C15H15F2NO3/c16-10-2-3-12(17)11(8-10)14(20)18-6-5-15(13(19)9-18)4-1-7-21-15/h2-3,8H,1,4-7,9H2/t15-/m0/s1. The van der Waals surface area contributed by atoms with E-state index in [1.54, 1.807) is 0 Å². The van der Waals surface area contributed by atoms with Crippen LogP contribution in [0.25, 0.3) is 0 Å². The Morgan fingerprint density at radius 2 is 2.10 bits per heavy atom. The van der Waals surface area contributed by atoms with E-state index in [0.29, 0.717) is 26.0 Å². The minimum absolute atomic E-state index is 0.116. The Kier molecular flexibility index (Phi) is 3.49. The molecular formula is C15H15F2NO3. The van der Waals surface area contributed by atoms with Crippen LogP contribution in [0.2, 0.25) is 0 Å². The zero-order valence-corrected chi connectivity index (χ0v) is 11.4. The fourth-order valence-corrected chi connectivity index (χ4v) is 2.97. The molecule has 4 nitrogen and oxygen atoms in total. The smallest absolute Gasteiger partial charge is 0.257 e. The molecule has 0 saturated carbocycles. The van der Waals surface area contributed by atoms with Gasteiger partial charge in [0.1, 0.15) is 17.2 Å². The van der Waals surface area contributed by atoms with Gasteiger partial charge in [0, 0.05) is 19.6 Å². The number of rotatable bonds is 1. The van der Waals surface area contributed by atoms with E-state index >= 15 is 0 Å². The second-order valence-corrected chi connectivity index (χ2v) is 5.47. The average molecular weight is 295 g/mol. The van der Waals surface area contributed by atoms with Gasteiger partial charge in [0.05, 0.1) is 12.1 Å². The summed E-state index contributed by atoms with van der Waals surface area (Å²) in [7, 11) is 0. The highest BCUT2D eigenvalue weighted by molar-refractivity contribution is 5.99. The molecule has 0 bridgehead atoms. The number of ketones is 1. The van der Waals surface area contributed by atoms with Gasteiger partial charge in [-0.15, -0.1) is 0 Å². The van der Waals surface area contributed by atoms with Gasteiger partial charge in [-0.05, 0) is 31.0 Å². The number of benzene rings is 1. The summed E-state index contributed by atoms with van der Waals surface area (Å²) in [6.45, 7) is 0.744. The number of carbonyl (C=O) groups is 2. The maximum Gasteiger partial charge on any atom is 0.257 e. The Morgan fingerprint density at radius 1 is 1.29 bits per heavy atom. The Labute approximate surface area is 120 Å². The summed E-state index contributed by atoms with van der Waals surface area (Å²) >= 11 is 0. The molecule has 3 rings (SSSR count). The highest BCUT2D eigenvalue weighted by atomic mass is 19.1. The van der Waals surface area contributed by atoms with E-state index in [0.717, 1.165) is 24.6 Å². The average Bonchev–Trinajstić information content (AvgIpc) is 2.94. The summed E-state index contributed by atoms with van der Waals surface area (Å²) in [6, 6.07) is 2.73. The van der Waals surface area contributed by atoms with Gasteiger partial charge in [0.2, 0.25) is 0 Å². The largest absolute Gasteiger partial charge is 0.367 e. The number of halogens is 2. The predicted molar refractivity (Wildman–Crippen MR) is 69.8 cm³/mol. The summed E-state index contributed by atoms with van der Waals surface area (Å²) < 4.78 is 32.4. The van der Waals surface area contributed by atoms with Crippen LogP contribution in [0.3, 0.4) is 0 Å². The van der Waals surface area contributed by atoms with E-state index in [1.807, 2.05) is 0 Å². The van der Waals surface area contributed by atoms with Crippen molar-refractivity contribution in [3.05, 3.63) is 35.4 Å². The molecule has 112 valence electrons. The number of hydrogen-bond donors (Lipinski definition) is 0. The molecule has 6 heteroatoms. The quantitative estimate of drug-likeness (QED) is 0.795. The number of amides is 1. The van der Waals surface area contributed by atoms with Gasteiger partial charge in [-0.1, -0.05) is 0 Å². The second kappa shape index (κ2) is 5.18. The van der Waals surface area contributed by atoms with Crippen molar-refractivity contribution < 1.29 is 23.1 Å². The summed E-state index contributed by atoms with van der Waals surface area (Å²) in [5, 5.41) is 0. The number of hydrogen-bond acceptors (Lipinski definition) is 3. The molecular weight excluding hydrogens is 280 g/mol. The molecule has 0 aliphatic carbocycles. The van der Waals surface area contributed by atoms with E-state index in [2.05, 4.69) is 0 Å². The normalized spacial score (nSPS) is 25.6. The number of piperidine rings is 1. The molecule has 2 aliphatic heterocycles. The van der Waals surface area contributed by atoms with Crippen molar-refractivity contribution in [3.8, 4) is 0 Å². The molecule has 2 saturated heterocycles. The van der Waals surface area contributed by atoms with Gasteiger partial charge in [-0.2, -0.15) is 0 Å². The number of nitrogens with zero attached hydrogens (tertiary/aromatic N) is 1. The molecule has 2 fully saturated rings. The van der Waals surface area contributed by atoms with Gasteiger partial charge in [-0.3, -0.25) is 9.59 Å². The summed E-state index contributed by atoms with van der Waals surface area (Å²) in [5.74, 6) is -2.28. The van der Waals surface area contributed by atoms with Crippen molar-refractivity contribution in [2.75, 3.05) is 19.7 Å². The Hall–Kier alpha value is -1.82. The molecule has 0 unspecified atom stereocenters. The van der Waals surface area contributed by atoms with Crippen molar-refractivity contribution >= 4 is 11.7 Å². The molecule has 21 heavy (non-hydrogen) atoms. The van der Waals surface area contributed by atoms with Crippen LogP contribution in [0.1, 0.15) is 29.6 Å². The van der Waals surface area contributed by atoms with Crippen molar-refractivity contribution in [1.82, 2.24) is 4.90 Å². The minimum atomic E-state index is -0.786. The topological polar surface area (TPSA) is 46.6 Å². The highest BCUT2D eigenvalue weighted by Gasteiger charge is 2.46. The molecule has 1 amide bonds. The fourth-order valence-electron chi connectivity index (χ4n) is 2.97. The van der Waals surface area contributed by atoms with Gasteiger partial charge >= 0.3 is 0 Å². The van der Waals surface area contributed by atoms with Crippen LogP contribution in [0.4, 0.5) is 8.78 Å². The van der Waals surface area contributed by atoms with Crippen LogP contribution in [0.5, 0.6) is 0 Å². The molecule has 2 heterocycles. The predicted octanol–water partition coefficient (Wildman–Crippen LogP) is 1.93. The highest BCUT2D eigenvalue weighted by Crippen LogP contribution is 2.33. The van der Waals surface area contributed by atoms with Crippen LogP contribution < -0.4 is 0 Å². The summed E-state index contributed by atoms with van der Waals surface area (Å²) in [6.07, 6.45) is 1.91. The van der Waals surface area contributed by atoms with Gasteiger partial charge in [-0.25, -0.2) is 8.78 Å². The lowest BCUT2D eigenvalue weighted by molar-refractivity contribution is -0.144. The van der Waals surface area contributed by atoms with Crippen LogP contribution in [-0.4, -0.2) is 41.9 Å². The van der Waals surface area contributed by atoms with Gasteiger partial charge < -0.3 is 9.64 Å². The van der Waals surface area contributed by atoms with E-state index in [4.69, 9.17) is 4.74 Å². The molecule has 1 aromatic carbocycles. The third kappa shape index (κ3) is 2.44. The SMILES string of the molecule is O=C(c1cc(F)ccc1F)N1CC[C@@]2(CCCO2)C(=O)C1. The Bertz CT molecular complexity index is 597. The monoisotopic (exact) mass is 295 g/mol. The van der Waals surface area contributed by atoms with Crippen LogP contribution in [0, 0.1) is 11.6 Å². The number of ether oxygens (including phenoxy) is 1. The third-order valence-corrected chi connectivity index (χ3v) is 4.18. The first-order chi connectivity index (χ1) is 10.0. The fraction of sp³-hybridized carbons (Fsp3) is 0.467. The maximum atomic E-state index is 13.6. The van der Waals surface area contributed by atoms with Crippen LogP contribution >= 0.6 is 0 Å². The summed E-state index contributed by atoms with van der Waals surface area (Å²) in [4.78, 5) is 25.7. The molecule has 1 spiro atoms. The number of Topliss-reactive ketones (excluding diaryl/α,β-unsaturated/α-hetero) is 1. The number of carbonyl (C=O) groups excluding carboxylic acids is 2. The van der Waals surface area contributed by atoms with Crippen molar-refractivity contribution in [3.63, 3.8) is 0 Å². The Balaban J connectivity index is 1.78. The van der Waals surface area contributed by atoms with Crippen LogP contribution in [-0.2, 0) is 9.53 Å². The van der Waals surface area contributed by atoms with E-state index < -0.39 is 23.1 Å². The van der Waals surface area contributed by atoms with Crippen LogP contribution in [0.15, 0.2) is 18.2 Å². The van der Waals surface area contributed by atoms with Crippen molar-refractivity contribution in [1.29, 1.82) is 0 Å². The maximum absolute atomic E-state index is 13.6. The molecule has 1 atom stereocenters. The molecule has 2 aliphatic rings. The Morgan fingerprint density at radius 3 is 2.76 bits per heavy atom. The first-order valence-corrected chi connectivity index (χ1v) is 6.93. The molecule has 0 aromatic heterocycles. The lowest BCUT2D eigenvalue weighted by atomic mass is 9.87. The van der Waals surface area contributed by atoms with Crippen molar-refractivity contribution in [2.45, 2.75) is 24.9 Å². The van der Waals surface area contributed by atoms with E-state index in [-0.39, 0.29) is 17.9 Å². The second-order valence-electron chi connectivity index (χ2n) is 5.47. The van der Waals surface area contributed by atoms with E-state index in [1.165, 1.54) is 4.90 Å². The summed E-state index contributed by atoms with van der Waals surface area (Å²) in [5.41, 5.74) is -1.11.